The average molecular weight is 226 g/mol. The SMILES string of the molecule is Cc1ccccc1-n1c(C)cc2c1CCNC2. The maximum Gasteiger partial charge on any atom is 0.0484 e. The normalized spacial score (nSPS) is 14.7. The van der Waals surface area contributed by atoms with Crippen LogP contribution in [0.5, 0.6) is 0 Å². The second kappa shape index (κ2) is 4.04. The zero-order chi connectivity index (χ0) is 11.8. The summed E-state index contributed by atoms with van der Waals surface area (Å²) in [6, 6.07) is 10.9. The highest BCUT2D eigenvalue weighted by Gasteiger charge is 2.17. The number of hydrogen-bond acceptors (Lipinski definition) is 1. The van der Waals surface area contributed by atoms with Crippen molar-refractivity contribution in [1.82, 2.24) is 9.88 Å². The monoisotopic (exact) mass is 226 g/mol. The minimum absolute atomic E-state index is 1.01. The maximum absolute atomic E-state index is 3.43. The molecule has 17 heavy (non-hydrogen) atoms. The molecule has 2 heterocycles. The van der Waals surface area contributed by atoms with E-state index in [0.717, 1.165) is 19.5 Å². The van der Waals surface area contributed by atoms with Gasteiger partial charge in [0.1, 0.15) is 0 Å². The lowest BCUT2D eigenvalue weighted by Gasteiger charge is -2.18. The summed E-state index contributed by atoms with van der Waals surface area (Å²) in [6.07, 6.45) is 1.12. The fourth-order valence-electron chi connectivity index (χ4n) is 2.76. The summed E-state index contributed by atoms with van der Waals surface area (Å²) in [7, 11) is 0. The van der Waals surface area contributed by atoms with Gasteiger partial charge in [-0.2, -0.15) is 0 Å². The van der Waals surface area contributed by atoms with Crippen LogP contribution in [0.15, 0.2) is 30.3 Å². The first-order valence-electron chi connectivity index (χ1n) is 6.24. The third kappa shape index (κ3) is 1.69. The van der Waals surface area contributed by atoms with Gasteiger partial charge in [-0.05, 0) is 37.1 Å². The van der Waals surface area contributed by atoms with Gasteiger partial charge >= 0.3 is 0 Å². The van der Waals surface area contributed by atoms with Crippen molar-refractivity contribution in [2.24, 2.45) is 0 Å². The van der Waals surface area contributed by atoms with Crippen molar-refractivity contribution in [3.8, 4) is 5.69 Å². The summed E-state index contributed by atoms with van der Waals surface area (Å²) >= 11 is 0. The van der Waals surface area contributed by atoms with Gasteiger partial charge in [0.2, 0.25) is 0 Å². The first-order chi connectivity index (χ1) is 8.27. The van der Waals surface area contributed by atoms with Gasteiger partial charge in [-0.3, -0.25) is 0 Å². The van der Waals surface area contributed by atoms with Crippen LogP contribution in [0, 0.1) is 13.8 Å². The van der Waals surface area contributed by atoms with E-state index >= 15 is 0 Å². The molecule has 0 atom stereocenters. The molecule has 1 aliphatic heterocycles. The van der Waals surface area contributed by atoms with Crippen LogP contribution < -0.4 is 5.32 Å². The van der Waals surface area contributed by atoms with E-state index in [2.05, 4.69) is 54.1 Å². The lowest BCUT2D eigenvalue weighted by molar-refractivity contribution is 0.627. The molecule has 1 N–H and O–H groups in total. The molecule has 3 rings (SSSR count). The van der Waals surface area contributed by atoms with E-state index in [1.165, 1.54) is 28.2 Å². The number of nitrogens with zero attached hydrogens (tertiary/aromatic N) is 1. The van der Waals surface area contributed by atoms with E-state index in [1.54, 1.807) is 0 Å². The van der Waals surface area contributed by atoms with Crippen LogP contribution in [0.25, 0.3) is 5.69 Å². The van der Waals surface area contributed by atoms with E-state index < -0.39 is 0 Å². The molecule has 0 amide bonds. The molecule has 2 heteroatoms. The Labute approximate surface area is 102 Å². The van der Waals surface area contributed by atoms with Gasteiger partial charge in [-0.25, -0.2) is 0 Å². The number of fused-ring (bicyclic) bond motifs is 1. The fraction of sp³-hybridized carbons (Fsp3) is 0.333. The maximum atomic E-state index is 3.43. The van der Waals surface area contributed by atoms with Crippen LogP contribution in [0.1, 0.15) is 22.5 Å². The Morgan fingerprint density at radius 3 is 2.82 bits per heavy atom. The van der Waals surface area contributed by atoms with Gasteiger partial charge in [0.25, 0.3) is 0 Å². The smallest absolute Gasteiger partial charge is 0.0484 e. The summed E-state index contributed by atoms with van der Waals surface area (Å²) in [6.45, 7) is 6.48. The summed E-state index contributed by atoms with van der Waals surface area (Å²) in [4.78, 5) is 0. The van der Waals surface area contributed by atoms with Crippen molar-refractivity contribution in [2.75, 3.05) is 6.54 Å². The molecule has 0 radical (unpaired) electrons. The molecule has 0 fully saturated rings. The molecule has 0 bridgehead atoms. The standard InChI is InChI=1S/C15H18N2/c1-11-5-3-4-6-14(11)17-12(2)9-13-10-16-8-7-15(13)17/h3-6,9,16H,7-8,10H2,1-2H3. The lowest BCUT2D eigenvalue weighted by atomic mass is 10.1. The number of benzene rings is 1. The van der Waals surface area contributed by atoms with Crippen molar-refractivity contribution in [3.05, 3.63) is 52.8 Å². The summed E-state index contributed by atoms with van der Waals surface area (Å²) in [5.74, 6) is 0. The van der Waals surface area contributed by atoms with Crippen LogP contribution in [0.3, 0.4) is 0 Å². The van der Waals surface area contributed by atoms with Gasteiger partial charge in [0.05, 0.1) is 0 Å². The van der Waals surface area contributed by atoms with Crippen molar-refractivity contribution in [3.63, 3.8) is 0 Å². The molecule has 2 aromatic rings. The molecule has 2 nitrogen and oxygen atoms in total. The third-order valence-electron chi connectivity index (χ3n) is 3.59. The molecule has 1 aromatic heterocycles. The highest BCUT2D eigenvalue weighted by Crippen LogP contribution is 2.25. The molecule has 88 valence electrons. The Hall–Kier alpha value is -1.54. The zero-order valence-corrected chi connectivity index (χ0v) is 10.5. The molecule has 0 spiro atoms. The molecule has 0 unspecified atom stereocenters. The quantitative estimate of drug-likeness (QED) is 0.791. The predicted molar refractivity (Wildman–Crippen MR) is 70.7 cm³/mol. The molecular weight excluding hydrogens is 208 g/mol. The van der Waals surface area contributed by atoms with Gasteiger partial charge in [0, 0.05) is 36.6 Å². The highest BCUT2D eigenvalue weighted by molar-refractivity contribution is 5.46. The Morgan fingerprint density at radius 2 is 2.00 bits per heavy atom. The molecule has 0 saturated carbocycles. The van der Waals surface area contributed by atoms with Gasteiger partial charge < -0.3 is 9.88 Å². The topological polar surface area (TPSA) is 17.0 Å². The Morgan fingerprint density at radius 1 is 1.18 bits per heavy atom. The van der Waals surface area contributed by atoms with Crippen molar-refractivity contribution < 1.29 is 0 Å². The second-order valence-corrected chi connectivity index (χ2v) is 4.81. The molecule has 1 aliphatic rings. The van der Waals surface area contributed by atoms with E-state index in [0.29, 0.717) is 0 Å². The first kappa shape index (κ1) is 10.6. The summed E-state index contributed by atoms with van der Waals surface area (Å²) in [5, 5.41) is 3.43. The number of nitrogens with one attached hydrogen (secondary N) is 1. The van der Waals surface area contributed by atoms with Crippen LogP contribution in [-0.4, -0.2) is 11.1 Å². The molecule has 1 aromatic carbocycles. The van der Waals surface area contributed by atoms with Crippen LogP contribution in [-0.2, 0) is 13.0 Å². The largest absolute Gasteiger partial charge is 0.318 e. The number of rotatable bonds is 1. The Balaban J connectivity index is 2.21. The summed E-state index contributed by atoms with van der Waals surface area (Å²) < 4.78 is 2.42. The van der Waals surface area contributed by atoms with Crippen molar-refractivity contribution in [2.45, 2.75) is 26.8 Å². The molecule has 0 aliphatic carbocycles. The highest BCUT2D eigenvalue weighted by atomic mass is 15.0. The molecule has 0 saturated heterocycles. The van der Waals surface area contributed by atoms with E-state index in [4.69, 9.17) is 0 Å². The number of para-hydroxylation sites is 1. The number of aromatic nitrogens is 1. The fourth-order valence-corrected chi connectivity index (χ4v) is 2.76. The lowest BCUT2D eigenvalue weighted by Crippen LogP contribution is -2.24. The van der Waals surface area contributed by atoms with Crippen LogP contribution >= 0.6 is 0 Å². The van der Waals surface area contributed by atoms with Crippen LogP contribution in [0.2, 0.25) is 0 Å². The zero-order valence-electron chi connectivity index (χ0n) is 10.5. The summed E-state index contributed by atoms with van der Waals surface area (Å²) in [5.41, 5.74) is 6.95. The van der Waals surface area contributed by atoms with Gasteiger partial charge in [-0.1, -0.05) is 18.2 Å². The van der Waals surface area contributed by atoms with Gasteiger partial charge in [-0.15, -0.1) is 0 Å². The Kier molecular flexibility index (Phi) is 2.52. The predicted octanol–water partition coefficient (Wildman–Crippen LogP) is 2.74. The van der Waals surface area contributed by atoms with E-state index in [1.807, 2.05) is 0 Å². The minimum atomic E-state index is 1.01. The first-order valence-corrected chi connectivity index (χ1v) is 6.24. The third-order valence-corrected chi connectivity index (χ3v) is 3.59. The number of aryl methyl sites for hydroxylation is 2. The van der Waals surface area contributed by atoms with E-state index in [-0.39, 0.29) is 0 Å². The second-order valence-electron chi connectivity index (χ2n) is 4.81. The number of hydrogen-bond donors (Lipinski definition) is 1. The minimum Gasteiger partial charge on any atom is -0.318 e. The van der Waals surface area contributed by atoms with Crippen LogP contribution in [0.4, 0.5) is 0 Å². The van der Waals surface area contributed by atoms with Crippen molar-refractivity contribution in [1.29, 1.82) is 0 Å². The Bertz CT molecular complexity index is 552. The van der Waals surface area contributed by atoms with E-state index in [9.17, 15) is 0 Å². The average Bonchev–Trinajstić information content (AvgIpc) is 2.66. The van der Waals surface area contributed by atoms with Gasteiger partial charge in [0.15, 0.2) is 0 Å². The van der Waals surface area contributed by atoms with Crippen molar-refractivity contribution >= 4 is 0 Å². The molecular formula is C15H18N2.